The van der Waals surface area contributed by atoms with Gasteiger partial charge in [0.15, 0.2) is 15.2 Å². The molecule has 0 fully saturated rings. The molecule has 1 unspecified atom stereocenters. The van der Waals surface area contributed by atoms with Gasteiger partial charge >= 0.3 is 5.97 Å². The number of aromatic nitrogens is 1. The Hall–Kier alpha value is -1.30. The number of halogens is 2. The summed E-state index contributed by atoms with van der Waals surface area (Å²) in [5.74, 6) is -1.07. The highest BCUT2D eigenvalue weighted by molar-refractivity contribution is 7.18. The van der Waals surface area contributed by atoms with Crippen molar-refractivity contribution in [3.8, 4) is 0 Å². The lowest BCUT2D eigenvalue weighted by molar-refractivity contribution is 0.0702. The molecule has 0 bridgehead atoms. The number of rotatable bonds is 4. The summed E-state index contributed by atoms with van der Waals surface area (Å²) >= 11 is 13.1. The Morgan fingerprint density at radius 3 is 2.60 bits per heavy atom. The van der Waals surface area contributed by atoms with E-state index < -0.39 is 5.97 Å². The Labute approximate surface area is 130 Å². The molecule has 0 radical (unpaired) electrons. The molecule has 1 heterocycles. The molecule has 0 aliphatic heterocycles. The second-order valence-corrected chi connectivity index (χ2v) is 5.97. The molecule has 20 heavy (non-hydrogen) atoms. The largest absolute Gasteiger partial charge is 0.477 e. The summed E-state index contributed by atoms with van der Waals surface area (Å²) in [6.07, 6.45) is 0. The number of carboxylic acid groups (broad SMARTS) is 1. The molecule has 0 saturated heterocycles. The molecular formula is C13H12Cl2N2O2S. The normalized spacial score (nSPS) is 12.2. The van der Waals surface area contributed by atoms with Crippen LogP contribution in [0.3, 0.4) is 0 Å². The van der Waals surface area contributed by atoms with Crippen molar-refractivity contribution in [2.75, 3.05) is 11.9 Å². The first kappa shape index (κ1) is 15.1. The molecule has 2 rings (SSSR count). The minimum Gasteiger partial charge on any atom is -0.477 e. The van der Waals surface area contributed by atoms with Crippen molar-refractivity contribution in [2.24, 2.45) is 0 Å². The zero-order valence-corrected chi connectivity index (χ0v) is 13.1. The minimum absolute atomic E-state index is 0.00992. The fourth-order valence-corrected chi connectivity index (χ4v) is 3.22. The van der Waals surface area contributed by atoms with Gasteiger partial charge in [-0.1, -0.05) is 52.7 Å². The van der Waals surface area contributed by atoms with E-state index in [0.29, 0.717) is 10.2 Å². The molecule has 1 aromatic carbocycles. The predicted octanol–water partition coefficient (Wildman–Crippen LogP) is 4.35. The molecule has 0 saturated carbocycles. The molecule has 1 N–H and O–H groups in total. The number of thiazole rings is 1. The molecule has 0 amide bonds. The summed E-state index contributed by atoms with van der Waals surface area (Å²) in [7, 11) is 1.83. The van der Waals surface area contributed by atoms with Gasteiger partial charge in [0.2, 0.25) is 0 Å². The van der Waals surface area contributed by atoms with E-state index in [2.05, 4.69) is 4.98 Å². The number of aromatic carboxylic acids is 1. The van der Waals surface area contributed by atoms with Crippen LogP contribution in [-0.4, -0.2) is 23.1 Å². The van der Waals surface area contributed by atoms with E-state index in [1.165, 1.54) is 0 Å². The average Bonchev–Trinajstić information content (AvgIpc) is 2.80. The quantitative estimate of drug-likeness (QED) is 0.905. The fourth-order valence-electron chi connectivity index (χ4n) is 1.76. The van der Waals surface area contributed by atoms with Crippen molar-refractivity contribution in [2.45, 2.75) is 13.0 Å². The third-order valence-electron chi connectivity index (χ3n) is 3.01. The van der Waals surface area contributed by atoms with Crippen LogP contribution < -0.4 is 4.90 Å². The van der Waals surface area contributed by atoms with E-state index in [1.807, 2.05) is 43.1 Å². The molecule has 0 spiro atoms. The highest BCUT2D eigenvalue weighted by Gasteiger charge is 2.22. The van der Waals surface area contributed by atoms with Crippen LogP contribution in [0.15, 0.2) is 24.3 Å². The SMILES string of the molecule is CC(c1ccccc1Cl)N(C)c1nc(Cl)c(C(=O)O)s1. The zero-order chi connectivity index (χ0) is 14.9. The van der Waals surface area contributed by atoms with Gasteiger partial charge in [-0.3, -0.25) is 0 Å². The molecule has 0 aliphatic rings. The van der Waals surface area contributed by atoms with Crippen LogP contribution in [0.2, 0.25) is 10.2 Å². The van der Waals surface area contributed by atoms with Crippen molar-refractivity contribution in [3.05, 3.63) is 44.9 Å². The van der Waals surface area contributed by atoms with Crippen molar-refractivity contribution in [3.63, 3.8) is 0 Å². The first-order valence-corrected chi connectivity index (χ1v) is 7.36. The lowest BCUT2D eigenvalue weighted by Crippen LogP contribution is -2.21. The van der Waals surface area contributed by atoms with Crippen molar-refractivity contribution in [1.82, 2.24) is 4.98 Å². The zero-order valence-electron chi connectivity index (χ0n) is 10.8. The van der Waals surface area contributed by atoms with Crippen LogP contribution in [0.4, 0.5) is 5.13 Å². The number of hydrogen-bond donors (Lipinski definition) is 1. The second kappa shape index (κ2) is 5.99. The van der Waals surface area contributed by atoms with E-state index in [9.17, 15) is 4.79 Å². The lowest BCUT2D eigenvalue weighted by Gasteiger charge is -2.25. The predicted molar refractivity (Wildman–Crippen MR) is 82.4 cm³/mol. The number of nitrogens with zero attached hydrogens (tertiary/aromatic N) is 2. The Morgan fingerprint density at radius 1 is 1.40 bits per heavy atom. The van der Waals surface area contributed by atoms with Gasteiger partial charge in [0.1, 0.15) is 0 Å². The summed E-state index contributed by atoms with van der Waals surface area (Å²) in [5.41, 5.74) is 0.944. The van der Waals surface area contributed by atoms with Crippen molar-refractivity contribution < 1.29 is 9.90 Å². The Balaban J connectivity index is 2.32. The van der Waals surface area contributed by atoms with E-state index >= 15 is 0 Å². The van der Waals surface area contributed by atoms with Crippen LogP contribution >= 0.6 is 34.5 Å². The maximum atomic E-state index is 11.0. The number of carbonyl (C=O) groups is 1. The maximum Gasteiger partial charge on any atom is 0.349 e. The average molecular weight is 331 g/mol. The van der Waals surface area contributed by atoms with Gasteiger partial charge in [-0.25, -0.2) is 9.78 Å². The lowest BCUT2D eigenvalue weighted by atomic mass is 10.1. The monoisotopic (exact) mass is 330 g/mol. The van der Waals surface area contributed by atoms with Crippen LogP contribution in [-0.2, 0) is 0 Å². The summed E-state index contributed by atoms with van der Waals surface area (Å²) in [6, 6.07) is 7.47. The minimum atomic E-state index is -1.07. The van der Waals surface area contributed by atoms with Crippen molar-refractivity contribution in [1.29, 1.82) is 0 Å². The number of benzene rings is 1. The van der Waals surface area contributed by atoms with Gasteiger partial charge < -0.3 is 10.0 Å². The molecule has 1 atom stereocenters. The van der Waals surface area contributed by atoms with Crippen LogP contribution in [0.1, 0.15) is 28.2 Å². The van der Waals surface area contributed by atoms with Crippen LogP contribution in [0.25, 0.3) is 0 Å². The third-order valence-corrected chi connectivity index (χ3v) is 4.87. The van der Waals surface area contributed by atoms with Gasteiger partial charge in [0.25, 0.3) is 0 Å². The van der Waals surface area contributed by atoms with E-state index in [4.69, 9.17) is 28.3 Å². The molecule has 1 aromatic heterocycles. The van der Waals surface area contributed by atoms with E-state index in [1.54, 1.807) is 0 Å². The molecular weight excluding hydrogens is 319 g/mol. The summed E-state index contributed by atoms with van der Waals surface area (Å²) < 4.78 is 0. The number of anilines is 1. The van der Waals surface area contributed by atoms with E-state index in [0.717, 1.165) is 16.9 Å². The van der Waals surface area contributed by atoms with Gasteiger partial charge in [-0.2, -0.15) is 0 Å². The third kappa shape index (κ3) is 2.90. The van der Waals surface area contributed by atoms with Gasteiger partial charge in [0.05, 0.1) is 6.04 Å². The van der Waals surface area contributed by atoms with Crippen LogP contribution in [0, 0.1) is 0 Å². The molecule has 4 nitrogen and oxygen atoms in total. The van der Waals surface area contributed by atoms with Crippen molar-refractivity contribution >= 4 is 45.6 Å². The topological polar surface area (TPSA) is 53.4 Å². The number of hydrogen-bond acceptors (Lipinski definition) is 4. The maximum absolute atomic E-state index is 11.0. The highest BCUT2D eigenvalue weighted by atomic mass is 35.5. The molecule has 2 aromatic rings. The van der Waals surface area contributed by atoms with Crippen LogP contribution in [0.5, 0.6) is 0 Å². The highest BCUT2D eigenvalue weighted by Crippen LogP contribution is 2.35. The van der Waals surface area contributed by atoms with Gasteiger partial charge in [-0.05, 0) is 18.6 Å². The van der Waals surface area contributed by atoms with Gasteiger partial charge in [0, 0.05) is 12.1 Å². The Kier molecular flexibility index (Phi) is 4.52. The first-order chi connectivity index (χ1) is 9.41. The Bertz CT molecular complexity index is 645. The summed E-state index contributed by atoms with van der Waals surface area (Å²) in [5, 5.41) is 10.2. The summed E-state index contributed by atoms with van der Waals surface area (Å²) in [4.78, 5) is 17.0. The summed E-state index contributed by atoms with van der Waals surface area (Å²) in [6.45, 7) is 1.97. The van der Waals surface area contributed by atoms with E-state index in [-0.39, 0.29) is 16.1 Å². The second-order valence-electron chi connectivity index (χ2n) is 4.23. The Morgan fingerprint density at radius 2 is 2.05 bits per heavy atom. The smallest absolute Gasteiger partial charge is 0.349 e. The fraction of sp³-hybridized carbons (Fsp3) is 0.231. The molecule has 106 valence electrons. The standard InChI is InChI=1S/C13H12Cl2N2O2S/c1-7(8-5-3-4-6-9(8)14)17(2)13-16-11(15)10(20-13)12(18)19/h3-7H,1-2H3,(H,18,19). The molecule has 7 heteroatoms. The number of carboxylic acids is 1. The first-order valence-electron chi connectivity index (χ1n) is 5.78. The molecule has 0 aliphatic carbocycles. The van der Waals surface area contributed by atoms with Gasteiger partial charge in [-0.15, -0.1) is 0 Å².